The maximum atomic E-state index is 3.78. The van der Waals surface area contributed by atoms with Crippen molar-refractivity contribution in [2.24, 2.45) is 11.8 Å². The van der Waals surface area contributed by atoms with Gasteiger partial charge in [0.1, 0.15) is 6.04 Å². The number of benzene rings is 1. The Bertz CT molecular complexity index is 697. The molecule has 4 atom stereocenters. The third-order valence-electron chi connectivity index (χ3n) is 5.87. The summed E-state index contributed by atoms with van der Waals surface area (Å²) in [5.74, 6) is 1.78. The number of H-pyrrole nitrogens is 1. The lowest BCUT2D eigenvalue weighted by atomic mass is 9.80. The summed E-state index contributed by atoms with van der Waals surface area (Å²) in [7, 11) is 0. The molecular formula is C18H21N2+. The van der Waals surface area contributed by atoms with Crippen molar-refractivity contribution in [3.05, 3.63) is 47.7 Å². The molecule has 0 spiro atoms. The quantitative estimate of drug-likeness (QED) is 0.682. The molecule has 3 heterocycles. The van der Waals surface area contributed by atoms with Crippen molar-refractivity contribution >= 4 is 10.9 Å². The fourth-order valence-electron chi connectivity index (χ4n) is 5.02. The molecule has 5 rings (SSSR count). The molecule has 20 heavy (non-hydrogen) atoms. The first-order valence-corrected chi connectivity index (χ1v) is 8.01. The minimum atomic E-state index is 0.723. The first-order chi connectivity index (χ1) is 9.92. The summed E-state index contributed by atoms with van der Waals surface area (Å²) >= 11 is 0. The van der Waals surface area contributed by atoms with Gasteiger partial charge in [-0.25, -0.2) is 0 Å². The van der Waals surface area contributed by atoms with Gasteiger partial charge >= 0.3 is 0 Å². The molecule has 3 aliphatic rings. The number of nitrogens with one attached hydrogen (secondary N) is 2. The zero-order chi connectivity index (χ0) is 13.1. The van der Waals surface area contributed by atoms with E-state index in [1.807, 2.05) is 4.90 Å². The molecule has 1 fully saturated rings. The Morgan fingerprint density at radius 2 is 2.00 bits per heavy atom. The van der Waals surface area contributed by atoms with E-state index in [-0.39, 0.29) is 0 Å². The number of para-hydroxylation sites is 1. The van der Waals surface area contributed by atoms with E-state index in [4.69, 9.17) is 0 Å². The van der Waals surface area contributed by atoms with Gasteiger partial charge in [-0.3, -0.25) is 0 Å². The summed E-state index contributed by atoms with van der Waals surface area (Å²) < 4.78 is 0. The van der Waals surface area contributed by atoms with Crippen LogP contribution in [-0.2, 0) is 6.42 Å². The average Bonchev–Trinajstić information content (AvgIpc) is 3.04. The largest absolute Gasteiger partial charge is 0.353 e. The lowest BCUT2D eigenvalue weighted by Gasteiger charge is -2.30. The smallest absolute Gasteiger partial charge is 0.132 e. The van der Waals surface area contributed by atoms with Crippen LogP contribution >= 0.6 is 0 Å². The van der Waals surface area contributed by atoms with E-state index in [2.05, 4.69) is 41.4 Å². The summed E-state index contributed by atoms with van der Waals surface area (Å²) in [5.41, 5.74) is 4.52. The van der Waals surface area contributed by atoms with E-state index in [1.54, 1.807) is 11.3 Å². The van der Waals surface area contributed by atoms with E-state index in [0.29, 0.717) is 0 Å². The van der Waals surface area contributed by atoms with Crippen molar-refractivity contribution in [3.8, 4) is 0 Å². The molecule has 1 aromatic carbocycles. The molecule has 2 aromatic rings. The number of fused-ring (bicyclic) bond motifs is 7. The number of aromatic nitrogens is 1. The molecule has 0 bridgehead atoms. The summed E-state index contributed by atoms with van der Waals surface area (Å²) in [6, 6.07) is 9.58. The van der Waals surface area contributed by atoms with E-state index in [0.717, 1.165) is 17.9 Å². The summed E-state index contributed by atoms with van der Waals surface area (Å²) in [6.45, 7) is 2.71. The van der Waals surface area contributed by atoms with Gasteiger partial charge < -0.3 is 9.88 Å². The molecule has 1 aromatic heterocycles. The second-order valence-corrected chi connectivity index (χ2v) is 6.77. The fourth-order valence-corrected chi connectivity index (χ4v) is 5.02. The second-order valence-electron chi connectivity index (χ2n) is 6.77. The molecule has 1 unspecified atom stereocenters. The molecule has 0 radical (unpaired) electrons. The Morgan fingerprint density at radius 3 is 3.00 bits per heavy atom. The van der Waals surface area contributed by atoms with Crippen molar-refractivity contribution in [2.75, 3.05) is 13.1 Å². The van der Waals surface area contributed by atoms with Crippen LogP contribution in [0.3, 0.4) is 0 Å². The number of rotatable bonds is 0. The Labute approximate surface area is 119 Å². The molecule has 2 N–H and O–H groups in total. The van der Waals surface area contributed by atoms with Gasteiger partial charge in [0.15, 0.2) is 0 Å². The number of aromatic amines is 1. The standard InChI is InChI=1S/C18H20N2/c1-2-6-13-12(5-1)11-20-10-9-15-14-7-3-4-8-16(14)19-17(15)18(13)20/h1-4,7-8,12-13,18-19H,5-6,9-11H2/p+1/t12-,13+,18+/m1/s1. The van der Waals surface area contributed by atoms with Crippen LogP contribution in [0.2, 0.25) is 0 Å². The molecule has 1 aliphatic carbocycles. The van der Waals surface area contributed by atoms with Crippen LogP contribution in [0.1, 0.15) is 30.1 Å². The van der Waals surface area contributed by atoms with Gasteiger partial charge in [-0.2, -0.15) is 0 Å². The second kappa shape index (κ2) is 3.98. The van der Waals surface area contributed by atoms with Crippen molar-refractivity contribution in [2.45, 2.75) is 25.3 Å². The van der Waals surface area contributed by atoms with E-state index < -0.39 is 0 Å². The fraction of sp³-hybridized carbons (Fsp3) is 0.444. The van der Waals surface area contributed by atoms with Crippen LogP contribution < -0.4 is 4.90 Å². The minimum Gasteiger partial charge on any atom is -0.353 e. The summed E-state index contributed by atoms with van der Waals surface area (Å²) in [4.78, 5) is 5.61. The Hall–Kier alpha value is -1.54. The third-order valence-corrected chi connectivity index (χ3v) is 5.87. The summed E-state index contributed by atoms with van der Waals surface area (Å²) in [5, 5.41) is 1.47. The third kappa shape index (κ3) is 1.38. The van der Waals surface area contributed by atoms with Crippen molar-refractivity contribution in [1.29, 1.82) is 0 Å². The van der Waals surface area contributed by atoms with Crippen molar-refractivity contribution in [1.82, 2.24) is 4.98 Å². The highest BCUT2D eigenvalue weighted by molar-refractivity contribution is 5.85. The van der Waals surface area contributed by atoms with E-state index >= 15 is 0 Å². The lowest BCUT2D eigenvalue weighted by molar-refractivity contribution is -0.923. The topological polar surface area (TPSA) is 20.2 Å². The van der Waals surface area contributed by atoms with Crippen molar-refractivity contribution < 1.29 is 4.90 Å². The van der Waals surface area contributed by atoms with Crippen LogP contribution in [0, 0.1) is 11.8 Å². The van der Waals surface area contributed by atoms with Gasteiger partial charge in [0.25, 0.3) is 0 Å². The van der Waals surface area contributed by atoms with E-state index in [1.165, 1.54) is 43.3 Å². The van der Waals surface area contributed by atoms with Crippen LogP contribution in [0.15, 0.2) is 36.4 Å². The lowest BCUT2D eigenvalue weighted by Crippen LogP contribution is -3.11. The zero-order valence-electron chi connectivity index (χ0n) is 11.7. The predicted molar refractivity (Wildman–Crippen MR) is 80.8 cm³/mol. The molecule has 2 heteroatoms. The minimum absolute atomic E-state index is 0.723. The zero-order valence-corrected chi connectivity index (χ0v) is 11.7. The van der Waals surface area contributed by atoms with Crippen LogP contribution in [-0.4, -0.2) is 18.1 Å². The summed E-state index contributed by atoms with van der Waals surface area (Å²) in [6.07, 6.45) is 8.66. The molecule has 2 aliphatic heterocycles. The van der Waals surface area contributed by atoms with E-state index in [9.17, 15) is 0 Å². The van der Waals surface area contributed by atoms with Crippen LogP contribution in [0.25, 0.3) is 10.9 Å². The average molecular weight is 265 g/mol. The molecule has 1 saturated heterocycles. The predicted octanol–water partition coefficient (Wildman–Crippen LogP) is 2.25. The molecule has 102 valence electrons. The first-order valence-electron chi connectivity index (χ1n) is 8.01. The monoisotopic (exact) mass is 265 g/mol. The number of hydrogen-bond acceptors (Lipinski definition) is 0. The number of quaternary nitrogens is 1. The van der Waals surface area contributed by atoms with Gasteiger partial charge in [-0.15, -0.1) is 0 Å². The molecular weight excluding hydrogens is 244 g/mol. The van der Waals surface area contributed by atoms with Crippen molar-refractivity contribution in [3.63, 3.8) is 0 Å². The van der Waals surface area contributed by atoms with Gasteiger partial charge in [-0.1, -0.05) is 30.4 Å². The maximum absolute atomic E-state index is 3.78. The van der Waals surface area contributed by atoms with Crippen LogP contribution in [0.5, 0.6) is 0 Å². The molecule has 0 saturated carbocycles. The van der Waals surface area contributed by atoms with Gasteiger partial charge in [0, 0.05) is 29.2 Å². The number of hydrogen-bond donors (Lipinski definition) is 2. The van der Waals surface area contributed by atoms with Crippen LogP contribution in [0.4, 0.5) is 0 Å². The Morgan fingerprint density at radius 1 is 1.10 bits per heavy atom. The normalized spacial score (nSPS) is 34.8. The highest BCUT2D eigenvalue weighted by Crippen LogP contribution is 2.41. The maximum Gasteiger partial charge on any atom is 0.132 e. The first kappa shape index (κ1) is 11.2. The van der Waals surface area contributed by atoms with Gasteiger partial charge in [0.05, 0.1) is 18.8 Å². The van der Waals surface area contributed by atoms with Gasteiger partial charge in [0.2, 0.25) is 0 Å². The molecule has 2 nitrogen and oxygen atoms in total. The number of allylic oxidation sites excluding steroid dienone is 2. The SMILES string of the molecule is C1=CC[C@H]2[C@H](C1)C[NH+]1CCc3c([nH]c4ccccc34)[C@H]21. The highest BCUT2D eigenvalue weighted by Gasteiger charge is 2.49. The van der Waals surface area contributed by atoms with Gasteiger partial charge in [-0.05, 0) is 24.5 Å². The molecule has 0 amide bonds. The Kier molecular flexibility index (Phi) is 2.22. The highest BCUT2D eigenvalue weighted by atomic mass is 15.2. The Balaban J connectivity index is 1.68.